The smallest absolute Gasteiger partial charge is 0.433 e. The van der Waals surface area contributed by atoms with Gasteiger partial charge in [0.1, 0.15) is 11.5 Å². The molecule has 0 radical (unpaired) electrons. The number of carboxylic acid groups (broad SMARTS) is 1. The number of amides is 1. The minimum Gasteiger partial charge on any atom is -0.463 e. The quantitative estimate of drug-likeness (QED) is 0.690. The molecule has 118 valence electrons. The topological polar surface area (TPSA) is 113 Å². The Morgan fingerprint density at radius 1 is 1.43 bits per heavy atom. The van der Waals surface area contributed by atoms with Crippen molar-refractivity contribution in [2.45, 2.75) is 18.9 Å². The summed E-state index contributed by atoms with van der Waals surface area (Å²) < 4.78 is 14.3. The Morgan fingerprint density at radius 3 is 2.91 bits per heavy atom. The Labute approximate surface area is 131 Å². The third-order valence-electron chi connectivity index (χ3n) is 3.71. The van der Waals surface area contributed by atoms with Crippen LogP contribution in [0.1, 0.15) is 23.9 Å². The van der Waals surface area contributed by atoms with Crippen LogP contribution < -0.4 is 11.1 Å². The summed E-state index contributed by atoms with van der Waals surface area (Å²) in [5.74, 6) is -0.410. The van der Waals surface area contributed by atoms with Gasteiger partial charge in [0.25, 0.3) is 0 Å². The predicted molar refractivity (Wildman–Crippen MR) is 81.6 cm³/mol. The number of halogens is 1. The van der Waals surface area contributed by atoms with Crippen LogP contribution in [0.4, 0.5) is 14.9 Å². The molecule has 8 heteroatoms. The number of carbonyl (C=O) groups is 1. The Balaban J connectivity index is 2.16. The highest BCUT2D eigenvalue weighted by Gasteiger charge is 2.38. The van der Waals surface area contributed by atoms with E-state index < -0.39 is 17.4 Å². The zero-order chi connectivity index (χ0) is 16.6. The number of rotatable bonds is 1. The van der Waals surface area contributed by atoms with Gasteiger partial charge >= 0.3 is 6.09 Å². The van der Waals surface area contributed by atoms with Crippen molar-refractivity contribution in [1.29, 1.82) is 0 Å². The Bertz CT molecular complexity index is 823. The number of amidine groups is 1. The number of hydrogen-bond acceptors (Lipinski definition) is 4. The molecule has 3 rings (SSSR count). The van der Waals surface area contributed by atoms with Gasteiger partial charge < -0.3 is 16.2 Å². The van der Waals surface area contributed by atoms with Gasteiger partial charge in [-0.05, 0) is 25.1 Å². The van der Waals surface area contributed by atoms with E-state index in [1.165, 1.54) is 30.6 Å². The number of nitrogens with zero attached hydrogens (tertiary/aromatic N) is 3. The van der Waals surface area contributed by atoms with Crippen molar-refractivity contribution in [3.05, 3.63) is 53.4 Å². The van der Waals surface area contributed by atoms with E-state index in [4.69, 9.17) is 10.8 Å². The molecule has 1 unspecified atom stereocenters. The zero-order valence-corrected chi connectivity index (χ0v) is 12.2. The van der Waals surface area contributed by atoms with E-state index in [0.29, 0.717) is 29.1 Å². The predicted octanol–water partition coefficient (Wildman–Crippen LogP) is 1.68. The number of nitrogens with one attached hydrogen (secondary N) is 1. The number of aromatic nitrogens is 2. The van der Waals surface area contributed by atoms with Crippen molar-refractivity contribution in [3.8, 4) is 0 Å². The summed E-state index contributed by atoms with van der Waals surface area (Å²) in [6, 6.07) is 4.25. The second-order valence-corrected chi connectivity index (χ2v) is 5.47. The number of hydrogen-bond donors (Lipinski definition) is 3. The number of fused-ring (bicyclic) bond motifs is 1. The molecule has 2 aromatic rings. The van der Waals surface area contributed by atoms with Crippen LogP contribution in [0.5, 0.6) is 0 Å². The van der Waals surface area contributed by atoms with Crippen LogP contribution in [0.15, 0.2) is 35.6 Å². The van der Waals surface area contributed by atoms with E-state index in [0.717, 1.165) is 0 Å². The van der Waals surface area contributed by atoms with E-state index in [1.54, 1.807) is 6.92 Å². The summed E-state index contributed by atoms with van der Waals surface area (Å²) in [5, 5.41) is 11.9. The lowest BCUT2D eigenvalue weighted by atomic mass is 9.83. The largest absolute Gasteiger partial charge is 0.463 e. The van der Waals surface area contributed by atoms with Crippen LogP contribution in [-0.4, -0.2) is 27.0 Å². The molecule has 1 aliphatic rings. The number of nitrogen functional groups attached to an aromatic ring is 1. The van der Waals surface area contributed by atoms with Gasteiger partial charge in [-0.3, -0.25) is 4.98 Å². The summed E-state index contributed by atoms with van der Waals surface area (Å²) in [5.41, 5.74) is 6.41. The minimum atomic E-state index is -1.37. The molecule has 2 heterocycles. The zero-order valence-electron chi connectivity index (χ0n) is 12.2. The summed E-state index contributed by atoms with van der Waals surface area (Å²) >= 11 is 0. The van der Waals surface area contributed by atoms with E-state index >= 15 is 0 Å². The fourth-order valence-corrected chi connectivity index (χ4v) is 2.70. The molecule has 7 nitrogen and oxygen atoms in total. The molecule has 0 saturated carbocycles. The first kappa shape index (κ1) is 14.9. The highest BCUT2D eigenvalue weighted by molar-refractivity contribution is 6.04. The summed E-state index contributed by atoms with van der Waals surface area (Å²) in [6.45, 7) is 1.74. The monoisotopic (exact) mass is 315 g/mol. The molecular weight excluding hydrogens is 301 g/mol. The molecule has 0 spiro atoms. The third kappa shape index (κ3) is 2.70. The lowest BCUT2D eigenvalue weighted by Gasteiger charge is -2.37. The average molecular weight is 315 g/mol. The maximum absolute atomic E-state index is 14.3. The molecule has 1 aromatic carbocycles. The number of benzene rings is 1. The Hall–Kier alpha value is -3.03. The van der Waals surface area contributed by atoms with E-state index in [2.05, 4.69) is 20.3 Å². The summed E-state index contributed by atoms with van der Waals surface area (Å²) in [4.78, 5) is 22.8. The van der Waals surface area contributed by atoms with Crippen LogP contribution in [-0.2, 0) is 12.0 Å². The maximum atomic E-state index is 14.3. The number of aliphatic imine (C=N–C) groups is 1. The van der Waals surface area contributed by atoms with Gasteiger partial charge in [0, 0.05) is 30.1 Å². The average Bonchev–Trinajstić information content (AvgIpc) is 2.49. The van der Waals surface area contributed by atoms with Crippen molar-refractivity contribution < 1.29 is 14.3 Å². The fraction of sp³-hybridized carbons (Fsp3) is 0.200. The molecule has 0 aliphatic carbocycles. The van der Waals surface area contributed by atoms with Gasteiger partial charge in [-0.2, -0.15) is 4.99 Å². The SMILES string of the molecule is CC1(c2cc(N)ccc2F)Cc2nccnc2C(=NC(=O)O)N1. The molecule has 1 atom stereocenters. The van der Waals surface area contributed by atoms with Crippen LogP contribution in [0.2, 0.25) is 0 Å². The van der Waals surface area contributed by atoms with Gasteiger partial charge in [-0.15, -0.1) is 0 Å². The Morgan fingerprint density at radius 2 is 2.17 bits per heavy atom. The van der Waals surface area contributed by atoms with E-state index in [-0.39, 0.29) is 5.84 Å². The van der Waals surface area contributed by atoms with Crippen LogP contribution >= 0.6 is 0 Å². The lowest BCUT2D eigenvalue weighted by Crippen LogP contribution is -2.51. The highest BCUT2D eigenvalue weighted by atomic mass is 19.1. The number of anilines is 1. The fourth-order valence-electron chi connectivity index (χ4n) is 2.70. The third-order valence-corrected chi connectivity index (χ3v) is 3.71. The summed E-state index contributed by atoms with van der Waals surface area (Å²) in [6.07, 6.45) is 1.89. The standard InChI is InChI=1S/C15H14FN5O2/c1-15(9-6-8(17)2-3-10(9)16)7-11-12(19-5-4-18-11)13(21-15)20-14(22)23/h2-6H,7,17H2,1H3,(H,20,21)(H,22,23). The van der Waals surface area contributed by atoms with Gasteiger partial charge in [0.05, 0.1) is 11.2 Å². The molecule has 0 bridgehead atoms. The first-order chi connectivity index (χ1) is 10.9. The molecule has 4 N–H and O–H groups in total. The van der Waals surface area contributed by atoms with Crippen LogP contribution in [0, 0.1) is 5.82 Å². The molecule has 1 amide bonds. The van der Waals surface area contributed by atoms with E-state index in [9.17, 15) is 9.18 Å². The highest BCUT2D eigenvalue weighted by Crippen LogP contribution is 2.32. The molecule has 0 saturated heterocycles. The van der Waals surface area contributed by atoms with Crippen molar-refractivity contribution in [1.82, 2.24) is 15.3 Å². The minimum absolute atomic E-state index is 0.0381. The molecule has 1 aromatic heterocycles. The molecule has 1 aliphatic heterocycles. The van der Waals surface area contributed by atoms with Gasteiger partial charge in [-0.25, -0.2) is 14.2 Å². The second kappa shape index (κ2) is 5.31. The van der Waals surface area contributed by atoms with Gasteiger partial charge in [-0.1, -0.05) is 0 Å². The molecular formula is C15H14FN5O2. The first-order valence-corrected chi connectivity index (χ1v) is 6.84. The normalized spacial score (nSPS) is 21.6. The van der Waals surface area contributed by atoms with Crippen molar-refractivity contribution in [2.24, 2.45) is 4.99 Å². The van der Waals surface area contributed by atoms with Crippen molar-refractivity contribution >= 4 is 17.6 Å². The molecule has 0 fully saturated rings. The van der Waals surface area contributed by atoms with Gasteiger partial charge in [0.15, 0.2) is 5.84 Å². The number of nitrogens with two attached hydrogens (primary N) is 1. The Kier molecular flexibility index (Phi) is 3.44. The van der Waals surface area contributed by atoms with Crippen molar-refractivity contribution in [2.75, 3.05) is 5.73 Å². The first-order valence-electron chi connectivity index (χ1n) is 6.84. The summed E-state index contributed by atoms with van der Waals surface area (Å²) in [7, 11) is 0. The molecule has 23 heavy (non-hydrogen) atoms. The van der Waals surface area contributed by atoms with Crippen molar-refractivity contribution in [3.63, 3.8) is 0 Å². The second-order valence-electron chi connectivity index (χ2n) is 5.47. The van der Waals surface area contributed by atoms with E-state index in [1.807, 2.05) is 0 Å². The van der Waals surface area contributed by atoms with Gasteiger partial charge in [0.2, 0.25) is 0 Å². The lowest BCUT2D eigenvalue weighted by molar-refractivity contribution is 0.205. The maximum Gasteiger partial charge on any atom is 0.433 e. The van der Waals surface area contributed by atoms with Crippen LogP contribution in [0.3, 0.4) is 0 Å². The van der Waals surface area contributed by atoms with Crippen LogP contribution in [0.25, 0.3) is 0 Å².